The molecule has 0 aliphatic carbocycles. The lowest BCUT2D eigenvalue weighted by molar-refractivity contribution is 0.0718. The van der Waals surface area contributed by atoms with E-state index in [1.807, 2.05) is 49.3 Å². The van der Waals surface area contributed by atoms with Crippen molar-refractivity contribution in [3.63, 3.8) is 0 Å². The number of amides is 1. The fourth-order valence-corrected chi connectivity index (χ4v) is 8.59. The van der Waals surface area contributed by atoms with Crippen LogP contribution in [-0.2, 0) is 10.0 Å². The number of halogens is 2. The summed E-state index contributed by atoms with van der Waals surface area (Å²) in [4.78, 5) is 19.8. The van der Waals surface area contributed by atoms with Crippen LogP contribution in [0.1, 0.15) is 47.5 Å². The van der Waals surface area contributed by atoms with Crippen LogP contribution in [0.3, 0.4) is 0 Å². The number of hydrogen-bond acceptors (Lipinski definition) is 5. The minimum Gasteiger partial charge on any atom is -0.376 e. The Labute approximate surface area is 252 Å². The number of nitrogens with zero attached hydrogens (tertiary/aromatic N) is 4. The van der Waals surface area contributed by atoms with Crippen LogP contribution >= 0.6 is 11.6 Å². The predicted octanol–water partition coefficient (Wildman–Crippen LogP) is 5.61. The molecule has 2 atom stereocenters. The Morgan fingerprint density at radius 1 is 0.905 bits per heavy atom. The maximum absolute atomic E-state index is 13.9. The van der Waals surface area contributed by atoms with E-state index in [1.54, 1.807) is 15.3 Å². The largest absolute Gasteiger partial charge is 0.376 e. The van der Waals surface area contributed by atoms with Gasteiger partial charge in [-0.3, -0.25) is 4.79 Å². The third-order valence-corrected chi connectivity index (χ3v) is 11.2. The summed E-state index contributed by atoms with van der Waals surface area (Å²) >= 11 is 6.21. The fourth-order valence-electron chi connectivity index (χ4n) is 6.85. The monoisotopic (exact) mass is 610 g/mol. The van der Waals surface area contributed by atoms with Gasteiger partial charge in [0.05, 0.1) is 26.9 Å². The Morgan fingerprint density at radius 3 is 2.19 bits per heavy atom. The zero-order valence-electron chi connectivity index (χ0n) is 23.9. The average molecular weight is 611 g/mol. The molecule has 3 aromatic rings. The van der Waals surface area contributed by atoms with Crippen LogP contribution in [0.2, 0.25) is 5.02 Å². The van der Waals surface area contributed by atoms with Crippen LogP contribution in [0, 0.1) is 5.82 Å². The minimum atomic E-state index is -3.68. The normalized spacial score (nSPS) is 21.5. The molecule has 3 fully saturated rings. The van der Waals surface area contributed by atoms with Crippen LogP contribution in [0.5, 0.6) is 0 Å². The van der Waals surface area contributed by atoms with E-state index in [-0.39, 0.29) is 23.0 Å². The molecular formula is C32H36ClFN4O3S. The third kappa shape index (κ3) is 5.38. The Hall–Kier alpha value is -3.14. The van der Waals surface area contributed by atoms with Crippen LogP contribution < -0.4 is 9.80 Å². The number of carbonyl (C=O) groups excluding carboxylic acids is 1. The number of benzene rings is 3. The lowest BCUT2D eigenvalue weighted by Gasteiger charge is -2.44. The highest BCUT2D eigenvalue weighted by Gasteiger charge is 2.43. The topological polar surface area (TPSA) is 64.2 Å². The van der Waals surface area contributed by atoms with Crippen molar-refractivity contribution in [2.45, 2.75) is 48.6 Å². The van der Waals surface area contributed by atoms with Crippen LogP contribution in [-0.4, -0.2) is 75.9 Å². The number of fused-ring (bicyclic) bond motifs is 2. The first kappa shape index (κ1) is 29.0. The Bertz CT molecular complexity index is 1560. The molecular weight excluding hydrogens is 575 g/mol. The lowest BCUT2D eigenvalue weighted by atomic mass is 9.90. The molecule has 2 bridgehead atoms. The highest BCUT2D eigenvalue weighted by molar-refractivity contribution is 7.89. The van der Waals surface area contributed by atoms with Gasteiger partial charge in [0.25, 0.3) is 5.91 Å². The molecule has 6 rings (SSSR count). The molecule has 1 amide bonds. The molecule has 0 radical (unpaired) electrons. The highest BCUT2D eigenvalue weighted by Crippen LogP contribution is 2.42. The van der Waals surface area contributed by atoms with Gasteiger partial charge < -0.3 is 14.7 Å². The number of anilines is 2. The molecule has 10 heteroatoms. The average Bonchev–Trinajstić information content (AvgIpc) is 3.25. The van der Waals surface area contributed by atoms with Gasteiger partial charge in [0.1, 0.15) is 5.82 Å². The van der Waals surface area contributed by atoms with E-state index < -0.39 is 15.8 Å². The van der Waals surface area contributed by atoms with Gasteiger partial charge in [-0.25, -0.2) is 12.8 Å². The lowest BCUT2D eigenvalue weighted by Crippen LogP contribution is -2.55. The Morgan fingerprint density at radius 2 is 1.57 bits per heavy atom. The molecule has 0 N–H and O–H groups in total. The van der Waals surface area contributed by atoms with E-state index in [4.69, 9.17) is 11.6 Å². The van der Waals surface area contributed by atoms with Crippen molar-refractivity contribution in [1.82, 2.24) is 9.21 Å². The van der Waals surface area contributed by atoms with Crippen molar-refractivity contribution in [3.8, 4) is 0 Å². The van der Waals surface area contributed by atoms with Gasteiger partial charge in [-0.1, -0.05) is 41.9 Å². The maximum Gasteiger partial charge on any atom is 0.255 e. The SMILES string of the molecule is CN(C)c1ccc(S(=O)(=O)N2CCC(c3ccccc3)CC2)cc1N1C2CCC1CN(C(=O)c1ccc(F)cc1Cl)C2. The summed E-state index contributed by atoms with van der Waals surface area (Å²) in [6.45, 7) is 1.95. The Kier molecular flexibility index (Phi) is 7.93. The molecule has 2 unspecified atom stereocenters. The van der Waals surface area contributed by atoms with Gasteiger partial charge in [-0.05, 0) is 73.6 Å². The summed E-state index contributed by atoms with van der Waals surface area (Å²) < 4.78 is 43.0. The number of hydrogen-bond donors (Lipinski definition) is 0. The number of carbonyl (C=O) groups is 1. The van der Waals surface area contributed by atoms with E-state index in [0.717, 1.165) is 37.1 Å². The molecule has 0 saturated carbocycles. The number of sulfonamides is 1. The summed E-state index contributed by atoms with van der Waals surface area (Å²) in [5.41, 5.74) is 3.38. The predicted molar refractivity (Wildman–Crippen MR) is 165 cm³/mol. The molecule has 222 valence electrons. The van der Waals surface area contributed by atoms with Crippen molar-refractivity contribution in [2.24, 2.45) is 0 Å². The first-order chi connectivity index (χ1) is 20.1. The van der Waals surface area contributed by atoms with Crippen molar-refractivity contribution in [2.75, 3.05) is 50.1 Å². The molecule has 42 heavy (non-hydrogen) atoms. The standard InChI is InChI=1S/C32H36ClFN4O3S/c1-35(2)30-13-11-27(42(40,41)37-16-14-23(15-17-37)22-6-4-3-5-7-22)19-31(30)38-25-9-10-26(38)21-36(20-25)32(39)28-12-8-24(34)18-29(28)33/h3-8,11-13,18-19,23,25-26H,9-10,14-17,20-21H2,1-2H3. The number of piperidine rings is 1. The summed E-state index contributed by atoms with van der Waals surface area (Å²) in [5.74, 6) is -0.323. The van der Waals surface area contributed by atoms with Gasteiger partial charge in [-0.15, -0.1) is 0 Å². The molecule has 3 heterocycles. The zero-order chi connectivity index (χ0) is 29.6. The van der Waals surface area contributed by atoms with Gasteiger partial charge in [0.15, 0.2) is 0 Å². The van der Waals surface area contributed by atoms with E-state index in [9.17, 15) is 17.6 Å². The summed E-state index contributed by atoms with van der Waals surface area (Å²) in [5, 5.41) is 0.107. The highest BCUT2D eigenvalue weighted by atomic mass is 35.5. The molecule has 3 aliphatic heterocycles. The first-order valence-electron chi connectivity index (χ1n) is 14.5. The molecule has 7 nitrogen and oxygen atoms in total. The van der Waals surface area contributed by atoms with Crippen molar-refractivity contribution in [1.29, 1.82) is 0 Å². The summed E-state index contributed by atoms with van der Waals surface area (Å²) in [6, 6.07) is 19.7. The van der Waals surface area contributed by atoms with Gasteiger partial charge in [0, 0.05) is 52.4 Å². The second kappa shape index (κ2) is 11.5. The van der Waals surface area contributed by atoms with Gasteiger partial charge in [-0.2, -0.15) is 4.31 Å². The number of piperazine rings is 1. The van der Waals surface area contributed by atoms with E-state index in [0.29, 0.717) is 42.6 Å². The van der Waals surface area contributed by atoms with Gasteiger partial charge >= 0.3 is 0 Å². The zero-order valence-corrected chi connectivity index (χ0v) is 25.5. The smallest absolute Gasteiger partial charge is 0.255 e. The number of rotatable bonds is 6. The van der Waals surface area contributed by atoms with Crippen molar-refractivity contribution < 1.29 is 17.6 Å². The molecule has 0 spiro atoms. The fraction of sp³-hybridized carbons (Fsp3) is 0.406. The third-order valence-electron chi connectivity index (χ3n) is 9.00. The minimum absolute atomic E-state index is 0.0326. The number of likely N-dealkylation sites (tertiary alicyclic amines) is 1. The summed E-state index contributed by atoms with van der Waals surface area (Å²) in [7, 11) is 0.240. The van der Waals surface area contributed by atoms with Crippen molar-refractivity contribution >= 4 is 38.9 Å². The Balaban J connectivity index is 1.24. The van der Waals surface area contributed by atoms with E-state index in [1.165, 1.54) is 23.8 Å². The van der Waals surface area contributed by atoms with Crippen LogP contribution in [0.15, 0.2) is 71.6 Å². The quantitative estimate of drug-likeness (QED) is 0.363. The van der Waals surface area contributed by atoms with Crippen LogP contribution in [0.4, 0.5) is 15.8 Å². The van der Waals surface area contributed by atoms with Crippen LogP contribution in [0.25, 0.3) is 0 Å². The second-order valence-corrected chi connectivity index (χ2v) is 14.1. The molecule has 3 aromatic carbocycles. The van der Waals surface area contributed by atoms with E-state index >= 15 is 0 Å². The van der Waals surface area contributed by atoms with E-state index in [2.05, 4.69) is 17.0 Å². The molecule has 0 aromatic heterocycles. The second-order valence-electron chi connectivity index (χ2n) is 11.8. The maximum atomic E-state index is 13.9. The van der Waals surface area contributed by atoms with Crippen molar-refractivity contribution in [3.05, 3.63) is 88.7 Å². The first-order valence-corrected chi connectivity index (χ1v) is 16.3. The molecule has 3 aliphatic rings. The molecule has 3 saturated heterocycles. The van der Waals surface area contributed by atoms with Gasteiger partial charge in [0.2, 0.25) is 10.0 Å². The summed E-state index contributed by atoms with van der Waals surface area (Å²) in [6.07, 6.45) is 3.37.